The van der Waals surface area contributed by atoms with Crippen LogP contribution in [0.1, 0.15) is 17.7 Å². The average molecular weight is 283 g/mol. The van der Waals surface area contributed by atoms with Crippen LogP contribution in [0.4, 0.5) is 5.69 Å². The Bertz CT molecular complexity index is 566. The fraction of sp³-hybridized carbons (Fsp3) is 0.294. The average Bonchev–Trinajstić information content (AvgIpc) is 2.50. The van der Waals surface area contributed by atoms with Crippen molar-refractivity contribution < 1.29 is 4.79 Å². The molecule has 0 radical (unpaired) electrons. The van der Waals surface area contributed by atoms with Crippen LogP contribution in [0.25, 0.3) is 0 Å². The van der Waals surface area contributed by atoms with Crippen LogP contribution in [0.2, 0.25) is 0 Å². The van der Waals surface area contributed by atoms with E-state index in [0.29, 0.717) is 12.1 Å². The highest BCUT2D eigenvalue weighted by atomic mass is 16.2. The quantitative estimate of drug-likeness (QED) is 0.885. The van der Waals surface area contributed by atoms with E-state index >= 15 is 0 Å². The number of carbonyl (C=O) groups is 1. The number of nitrogens with two attached hydrogens (primary N) is 1. The van der Waals surface area contributed by atoms with Crippen LogP contribution in [0.15, 0.2) is 48.7 Å². The number of pyridine rings is 1. The molecule has 21 heavy (non-hydrogen) atoms. The third-order valence-electron chi connectivity index (χ3n) is 3.41. The smallest absolute Gasteiger partial charge is 0.228 e. The minimum absolute atomic E-state index is 0.0836. The summed E-state index contributed by atoms with van der Waals surface area (Å²) in [5.41, 5.74) is 8.25. The largest absolute Gasteiger partial charge is 0.397 e. The summed E-state index contributed by atoms with van der Waals surface area (Å²) in [7, 11) is 1.84. The number of carbonyl (C=O) groups excluding carboxylic acids is 1. The fourth-order valence-corrected chi connectivity index (χ4v) is 2.12. The molecule has 4 heteroatoms. The highest BCUT2D eigenvalue weighted by Crippen LogP contribution is 2.06. The lowest BCUT2D eigenvalue weighted by Gasteiger charge is -2.17. The molecule has 0 saturated carbocycles. The first-order valence-corrected chi connectivity index (χ1v) is 7.13. The molecule has 2 aromatic rings. The maximum Gasteiger partial charge on any atom is 0.228 e. The van der Waals surface area contributed by atoms with Gasteiger partial charge < -0.3 is 10.6 Å². The lowest BCUT2D eigenvalue weighted by Crippen LogP contribution is -2.29. The first kappa shape index (κ1) is 15.0. The van der Waals surface area contributed by atoms with Gasteiger partial charge in [-0.2, -0.15) is 0 Å². The van der Waals surface area contributed by atoms with Gasteiger partial charge in [0.25, 0.3) is 0 Å². The number of rotatable bonds is 6. The summed E-state index contributed by atoms with van der Waals surface area (Å²) >= 11 is 0. The Morgan fingerprint density at radius 2 is 1.95 bits per heavy atom. The topological polar surface area (TPSA) is 59.2 Å². The predicted octanol–water partition coefficient (Wildman–Crippen LogP) is 2.30. The van der Waals surface area contributed by atoms with E-state index in [1.165, 1.54) is 5.56 Å². The first-order chi connectivity index (χ1) is 10.1. The Morgan fingerprint density at radius 3 is 2.62 bits per heavy atom. The number of aromatic nitrogens is 1. The maximum atomic E-state index is 12.1. The number of benzene rings is 1. The molecule has 1 heterocycles. The van der Waals surface area contributed by atoms with Crippen molar-refractivity contribution in [1.29, 1.82) is 0 Å². The summed E-state index contributed by atoms with van der Waals surface area (Å²) in [6, 6.07) is 13.9. The lowest BCUT2D eigenvalue weighted by atomic mass is 10.1. The molecule has 110 valence electrons. The summed E-state index contributed by atoms with van der Waals surface area (Å²) in [5.74, 6) is 0.0836. The second-order valence-electron chi connectivity index (χ2n) is 5.16. The van der Waals surface area contributed by atoms with Crippen molar-refractivity contribution in [2.75, 3.05) is 19.3 Å². The molecule has 1 aromatic carbocycles. The van der Waals surface area contributed by atoms with E-state index in [1.807, 2.05) is 25.2 Å². The van der Waals surface area contributed by atoms with Gasteiger partial charge in [-0.1, -0.05) is 30.3 Å². The van der Waals surface area contributed by atoms with Crippen molar-refractivity contribution in [3.8, 4) is 0 Å². The standard InChI is InChI=1S/C17H21N3O/c1-20(11-5-8-14-6-3-2-4-7-14)17(21)12-16-10-9-15(18)13-19-16/h2-4,6-7,9-10,13H,5,8,11-12,18H2,1H3. The van der Waals surface area contributed by atoms with Gasteiger partial charge in [0, 0.05) is 19.3 Å². The Labute approximate surface area is 125 Å². The Balaban J connectivity index is 1.76. The zero-order valence-corrected chi connectivity index (χ0v) is 12.3. The van der Waals surface area contributed by atoms with Crippen molar-refractivity contribution in [2.24, 2.45) is 0 Å². The first-order valence-electron chi connectivity index (χ1n) is 7.13. The van der Waals surface area contributed by atoms with E-state index in [0.717, 1.165) is 25.1 Å². The van der Waals surface area contributed by atoms with Gasteiger partial charge in [-0.05, 0) is 30.5 Å². The lowest BCUT2D eigenvalue weighted by molar-refractivity contribution is -0.129. The van der Waals surface area contributed by atoms with Crippen molar-refractivity contribution in [1.82, 2.24) is 9.88 Å². The third kappa shape index (κ3) is 4.91. The maximum absolute atomic E-state index is 12.1. The number of anilines is 1. The second-order valence-corrected chi connectivity index (χ2v) is 5.16. The Kier molecular flexibility index (Phi) is 5.32. The number of nitrogens with zero attached hydrogens (tertiary/aromatic N) is 2. The molecule has 4 nitrogen and oxygen atoms in total. The van der Waals surface area contributed by atoms with E-state index < -0.39 is 0 Å². The van der Waals surface area contributed by atoms with Gasteiger partial charge in [0.2, 0.25) is 5.91 Å². The fourth-order valence-electron chi connectivity index (χ4n) is 2.12. The molecule has 2 rings (SSSR count). The van der Waals surface area contributed by atoms with Gasteiger partial charge in [0.05, 0.1) is 18.3 Å². The van der Waals surface area contributed by atoms with E-state index in [1.54, 1.807) is 23.2 Å². The molecule has 0 aliphatic rings. The number of hydrogen-bond acceptors (Lipinski definition) is 3. The van der Waals surface area contributed by atoms with Crippen LogP contribution in [0.3, 0.4) is 0 Å². The van der Waals surface area contributed by atoms with Crippen LogP contribution >= 0.6 is 0 Å². The second kappa shape index (κ2) is 7.43. The molecule has 0 spiro atoms. The SMILES string of the molecule is CN(CCCc1ccccc1)C(=O)Cc1ccc(N)cn1. The van der Waals surface area contributed by atoms with Crippen LogP contribution in [0, 0.1) is 0 Å². The summed E-state index contributed by atoms with van der Waals surface area (Å²) in [5, 5.41) is 0. The van der Waals surface area contributed by atoms with Gasteiger partial charge in [0.1, 0.15) is 0 Å². The van der Waals surface area contributed by atoms with Crippen LogP contribution in [0.5, 0.6) is 0 Å². The molecule has 2 N–H and O–H groups in total. The van der Waals surface area contributed by atoms with E-state index in [-0.39, 0.29) is 5.91 Å². The number of amides is 1. The number of nitrogen functional groups attached to an aromatic ring is 1. The summed E-state index contributed by atoms with van der Waals surface area (Å²) < 4.78 is 0. The molecule has 1 aromatic heterocycles. The Hall–Kier alpha value is -2.36. The van der Waals surface area contributed by atoms with Gasteiger partial charge in [0.15, 0.2) is 0 Å². The summed E-state index contributed by atoms with van der Waals surface area (Å²) in [6.07, 6.45) is 3.85. The zero-order valence-electron chi connectivity index (χ0n) is 12.3. The van der Waals surface area contributed by atoms with Crippen LogP contribution < -0.4 is 5.73 Å². The number of aryl methyl sites for hydroxylation is 1. The molecular weight excluding hydrogens is 262 g/mol. The van der Waals surface area contributed by atoms with Crippen molar-refractivity contribution >= 4 is 11.6 Å². The highest BCUT2D eigenvalue weighted by molar-refractivity contribution is 5.78. The Morgan fingerprint density at radius 1 is 1.19 bits per heavy atom. The van der Waals surface area contributed by atoms with Crippen molar-refractivity contribution in [2.45, 2.75) is 19.3 Å². The molecule has 1 amide bonds. The monoisotopic (exact) mass is 283 g/mol. The van der Waals surface area contributed by atoms with Crippen molar-refractivity contribution in [3.05, 3.63) is 59.9 Å². The zero-order chi connectivity index (χ0) is 15.1. The number of likely N-dealkylation sites (N-methyl/N-ethyl adjacent to an activating group) is 1. The minimum Gasteiger partial charge on any atom is -0.397 e. The van der Waals surface area contributed by atoms with Gasteiger partial charge in [-0.3, -0.25) is 9.78 Å². The normalized spacial score (nSPS) is 10.3. The molecule has 0 bridgehead atoms. The minimum atomic E-state index is 0.0836. The van der Waals surface area contributed by atoms with Gasteiger partial charge >= 0.3 is 0 Å². The summed E-state index contributed by atoms with van der Waals surface area (Å²) in [4.78, 5) is 18.0. The van der Waals surface area contributed by atoms with E-state index in [2.05, 4.69) is 17.1 Å². The predicted molar refractivity (Wildman–Crippen MR) is 84.8 cm³/mol. The third-order valence-corrected chi connectivity index (χ3v) is 3.41. The van der Waals surface area contributed by atoms with Gasteiger partial charge in [-0.15, -0.1) is 0 Å². The van der Waals surface area contributed by atoms with Crippen molar-refractivity contribution in [3.63, 3.8) is 0 Å². The van der Waals surface area contributed by atoms with Crippen LogP contribution in [-0.4, -0.2) is 29.4 Å². The molecule has 0 aliphatic carbocycles. The molecule has 0 fully saturated rings. The molecule has 0 atom stereocenters. The summed E-state index contributed by atoms with van der Waals surface area (Å²) in [6.45, 7) is 0.753. The molecule has 0 unspecified atom stereocenters. The van der Waals surface area contributed by atoms with Crippen LogP contribution in [-0.2, 0) is 17.6 Å². The molecular formula is C17H21N3O. The van der Waals surface area contributed by atoms with E-state index in [4.69, 9.17) is 5.73 Å². The van der Waals surface area contributed by atoms with E-state index in [9.17, 15) is 4.79 Å². The highest BCUT2D eigenvalue weighted by Gasteiger charge is 2.10. The van der Waals surface area contributed by atoms with Gasteiger partial charge in [-0.25, -0.2) is 0 Å². The number of hydrogen-bond donors (Lipinski definition) is 1. The molecule has 0 saturated heterocycles. The molecule has 0 aliphatic heterocycles.